The van der Waals surface area contributed by atoms with Crippen molar-refractivity contribution in [3.05, 3.63) is 42.1 Å². The summed E-state index contributed by atoms with van der Waals surface area (Å²) in [5, 5.41) is 4.72. The van der Waals surface area contributed by atoms with Gasteiger partial charge in [0.25, 0.3) is 0 Å². The average Bonchev–Trinajstić information content (AvgIpc) is 2.99. The van der Waals surface area contributed by atoms with Crippen molar-refractivity contribution in [1.29, 1.82) is 0 Å². The van der Waals surface area contributed by atoms with E-state index in [-0.39, 0.29) is 12.3 Å². The van der Waals surface area contributed by atoms with Gasteiger partial charge in [0.1, 0.15) is 0 Å². The maximum atomic E-state index is 5.59. The smallest absolute Gasteiger partial charge is 0.159 e. The van der Waals surface area contributed by atoms with Crippen LogP contribution in [0.1, 0.15) is 24.9 Å². The van der Waals surface area contributed by atoms with E-state index >= 15 is 0 Å². The van der Waals surface area contributed by atoms with Crippen LogP contribution in [0.25, 0.3) is 10.9 Å². The molecular weight excluding hydrogens is 252 g/mol. The van der Waals surface area contributed by atoms with Gasteiger partial charge in [-0.15, -0.1) is 0 Å². The van der Waals surface area contributed by atoms with Crippen molar-refractivity contribution in [2.24, 2.45) is 0 Å². The van der Waals surface area contributed by atoms with E-state index in [2.05, 4.69) is 35.4 Å². The first-order valence-corrected chi connectivity index (χ1v) is 7.18. The van der Waals surface area contributed by atoms with Crippen LogP contribution in [0.3, 0.4) is 0 Å². The Kier molecular flexibility index (Phi) is 4.25. The molecule has 0 aliphatic carbocycles. The van der Waals surface area contributed by atoms with E-state index in [4.69, 9.17) is 9.47 Å². The minimum Gasteiger partial charge on any atom is -0.350 e. The Morgan fingerprint density at radius 3 is 2.90 bits per heavy atom. The topological polar surface area (TPSA) is 43.4 Å². The Hall–Kier alpha value is -1.49. The molecule has 0 spiro atoms. The largest absolute Gasteiger partial charge is 0.350 e. The predicted octanol–water partition coefficient (Wildman–Crippen LogP) is 2.65. The van der Waals surface area contributed by atoms with Gasteiger partial charge in [-0.25, -0.2) is 0 Å². The van der Waals surface area contributed by atoms with E-state index in [9.17, 15) is 0 Å². The minimum absolute atomic E-state index is 0.106. The Morgan fingerprint density at radius 2 is 2.10 bits per heavy atom. The predicted molar refractivity (Wildman–Crippen MR) is 78.5 cm³/mol. The SMILES string of the molecule is CCNC(CC1OCCO1)c1cccc2ncccc12. The first-order chi connectivity index (χ1) is 9.88. The van der Waals surface area contributed by atoms with Crippen molar-refractivity contribution >= 4 is 10.9 Å². The van der Waals surface area contributed by atoms with Gasteiger partial charge in [0.05, 0.1) is 18.7 Å². The highest BCUT2D eigenvalue weighted by Gasteiger charge is 2.23. The third-order valence-electron chi connectivity index (χ3n) is 3.62. The van der Waals surface area contributed by atoms with E-state index in [1.165, 1.54) is 10.9 Å². The molecule has 1 atom stereocenters. The van der Waals surface area contributed by atoms with Crippen LogP contribution in [0, 0.1) is 0 Å². The Bertz CT molecular complexity index is 562. The average molecular weight is 272 g/mol. The standard InChI is InChI=1S/C16H20N2O2/c1-2-17-15(11-16-19-9-10-20-16)13-5-3-7-14-12(13)6-4-8-18-14/h3-8,15-17H,2,9-11H2,1H3. The van der Waals surface area contributed by atoms with Crippen molar-refractivity contribution in [3.63, 3.8) is 0 Å². The second kappa shape index (κ2) is 6.31. The number of fused-ring (bicyclic) bond motifs is 1. The molecule has 0 saturated carbocycles. The summed E-state index contributed by atoms with van der Waals surface area (Å²) >= 11 is 0. The molecule has 1 fully saturated rings. The summed E-state index contributed by atoms with van der Waals surface area (Å²) in [5.74, 6) is 0. The number of nitrogens with one attached hydrogen (secondary N) is 1. The van der Waals surface area contributed by atoms with Crippen LogP contribution < -0.4 is 5.32 Å². The van der Waals surface area contributed by atoms with E-state index < -0.39 is 0 Å². The van der Waals surface area contributed by atoms with Crippen molar-refractivity contribution < 1.29 is 9.47 Å². The lowest BCUT2D eigenvalue weighted by atomic mass is 9.98. The summed E-state index contributed by atoms with van der Waals surface area (Å²) in [6.07, 6.45) is 2.55. The highest BCUT2D eigenvalue weighted by Crippen LogP contribution is 2.27. The zero-order valence-electron chi connectivity index (χ0n) is 11.7. The monoisotopic (exact) mass is 272 g/mol. The van der Waals surface area contributed by atoms with Gasteiger partial charge in [0.15, 0.2) is 6.29 Å². The lowest BCUT2D eigenvalue weighted by Gasteiger charge is -2.22. The summed E-state index contributed by atoms with van der Waals surface area (Å²) in [7, 11) is 0. The van der Waals surface area contributed by atoms with Crippen LogP contribution in [-0.2, 0) is 9.47 Å². The number of rotatable bonds is 5. The molecule has 1 aromatic heterocycles. The molecule has 20 heavy (non-hydrogen) atoms. The molecule has 1 aliphatic rings. The van der Waals surface area contributed by atoms with Crippen molar-refractivity contribution in [3.8, 4) is 0 Å². The molecule has 1 unspecified atom stereocenters. The van der Waals surface area contributed by atoms with Crippen molar-refractivity contribution in [1.82, 2.24) is 10.3 Å². The number of aromatic nitrogens is 1. The van der Waals surface area contributed by atoms with Crippen LogP contribution in [0.5, 0.6) is 0 Å². The fourth-order valence-corrected chi connectivity index (χ4v) is 2.73. The number of nitrogens with zero attached hydrogens (tertiary/aromatic N) is 1. The van der Waals surface area contributed by atoms with E-state index in [1.54, 1.807) is 0 Å². The molecule has 1 aliphatic heterocycles. The van der Waals surface area contributed by atoms with E-state index in [0.29, 0.717) is 13.2 Å². The molecule has 0 radical (unpaired) electrons. The molecule has 106 valence electrons. The minimum atomic E-state index is -0.106. The second-order valence-electron chi connectivity index (χ2n) is 4.93. The number of pyridine rings is 1. The van der Waals surface area contributed by atoms with Gasteiger partial charge < -0.3 is 14.8 Å². The molecule has 0 bridgehead atoms. The first-order valence-electron chi connectivity index (χ1n) is 7.18. The first kappa shape index (κ1) is 13.5. The number of hydrogen-bond donors (Lipinski definition) is 1. The summed E-state index contributed by atoms with van der Waals surface area (Å²) in [6.45, 7) is 4.42. The zero-order chi connectivity index (χ0) is 13.8. The Labute approximate surface area is 119 Å². The van der Waals surface area contributed by atoms with Crippen molar-refractivity contribution in [2.45, 2.75) is 25.7 Å². The lowest BCUT2D eigenvalue weighted by Crippen LogP contribution is -2.26. The molecule has 1 aromatic carbocycles. The number of benzene rings is 1. The highest BCUT2D eigenvalue weighted by molar-refractivity contribution is 5.82. The quantitative estimate of drug-likeness (QED) is 0.908. The normalized spacial score (nSPS) is 17.6. The van der Waals surface area contributed by atoms with Crippen molar-refractivity contribution in [2.75, 3.05) is 19.8 Å². The van der Waals surface area contributed by atoms with E-state index in [0.717, 1.165) is 18.5 Å². The van der Waals surface area contributed by atoms with Crippen LogP contribution >= 0.6 is 0 Å². The molecule has 1 N–H and O–H groups in total. The number of ether oxygens (including phenoxy) is 2. The van der Waals surface area contributed by atoms with Gasteiger partial charge in [0, 0.05) is 24.0 Å². The summed E-state index contributed by atoms with van der Waals surface area (Å²) < 4.78 is 11.2. The van der Waals surface area contributed by atoms with Gasteiger partial charge in [-0.3, -0.25) is 4.98 Å². The fourth-order valence-electron chi connectivity index (χ4n) is 2.73. The maximum Gasteiger partial charge on any atom is 0.159 e. The third-order valence-corrected chi connectivity index (χ3v) is 3.62. The van der Waals surface area contributed by atoms with E-state index in [1.807, 2.05) is 18.3 Å². The van der Waals surface area contributed by atoms with Crippen LogP contribution in [0.4, 0.5) is 0 Å². The summed E-state index contributed by atoms with van der Waals surface area (Å²) in [6, 6.07) is 10.6. The van der Waals surface area contributed by atoms with Crippen LogP contribution in [0.2, 0.25) is 0 Å². The molecule has 3 rings (SSSR count). The maximum absolute atomic E-state index is 5.59. The molecular formula is C16H20N2O2. The lowest BCUT2D eigenvalue weighted by molar-refractivity contribution is -0.0528. The van der Waals surface area contributed by atoms with Gasteiger partial charge in [-0.1, -0.05) is 25.1 Å². The highest BCUT2D eigenvalue weighted by atomic mass is 16.7. The summed E-state index contributed by atoms with van der Waals surface area (Å²) in [4.78, 5) is 4.43. The Balaban J connectivity index is 1.91. The van der Waals surface area contributed by atoms with Crippen LogP contribution in [0.15, 0.2) is 36.5 Å². The molecule has 0 amide bonds. The van der Waals surface area contributed by atoms with Gasteiger partial charge in [-0.2, -0.15) is 0 Å². The van der Waals surface area contributed by atoms with Gasteiger partial charge >= 0.3 is 0 Å². The van der Waals surface area contributed by atoms with Gasteiger partial charge in [0.2, 0.25) is 0 Å². The second-order valence-corrected chi connectivity index (χ2v) is 4.93. The molecule has 1 saturated heterocycles. The fraction of sp³-hybridized carbons (Fsp3) is 0.438. The molecule has 2 aromatic rings. The number of hydrogen-bond acceptors (Lipinski definition) is 4. The zero-order valence-corrected chi connectivity index (χ0v) is 11.7. The van der Waals surface area contributed by atoms with Gasteiger partial charge in [-0.05, 0) is 24.2 Å². The molecule has 4 nitrogen and oxygen atoms in total. The third kappa shape index (κ3) is 2.82. The summed E-state index contributed by atoms with van der Waals surface area (Å²) in [5.41, 5.74) is 2.29. The molecule has 2 heterocycles. The molecule has 4 heteroatoms. The van der Waals surface area contributed by atoms with Crippen LogP contribution in [-0.4, -0.2) is 31.0 Å². The Morgan fingerprint density at radius 1 is 1.25 bits per heavy atom.